The molecule has 104 valence electrons. The van der Waals surface area contributed by atoms with E-state index in [1.54, 1.807) is 0 Å². The van der Waals surface area contributed by atoms with Gasteiger partial charge in [0.05, 0.1) is 19.8 Å². The van der Waals surface area contributed by atoms with Crippen molar-refractivity contribution in [3.05, 3.63) is 11.6 Å². The molecule has 1 heterocycles. The molecule has 2 aliphatic rings. The zero-order valence-electron chi connectivity index (χ0n) is 11.2. The molecule has 18 heavy (non-hydrogen) atoms. The molecule has 0 amide bonds. The van der Waals surface area contributed by atoms with Gasteiger partial charge in [-0.25, -0.2) is 0 Å². The van der Waals surface area contributed by atoms with Gasteiger partial charge < -0.3 is 14.2 Å². The first-order valence-electron chi connectivity index (χ1n) is 6.77. The second kappa shape index (κ2) is 6.90. The molecule has 1 saturated heterocycles. The van der Waals surface area contributed by atoms with Crippen LogP contribution in [-0.2, 0) is 14.2 Å². The van der Waals surface area contributed by atoms with E-state index in [9.17, 15) is 0 Å². The minimum atomic E-state index is -0.0618. The molecule has 0 aromatic heterocycles. The molecular formula is C14H23ClO3. The van der Waals surface area contributed by atoms with E-state index in [1.807, 2.05) is 0 Å². The van der Waals surface area contributed by atoms with Crippen LogP contribution in [0.5, 0.6) is 0 Å². The maximum absolute atomic E-state index is 5.95. The number of rotatable bonds is 5. The summed E-state index contributed by atoms with van der Waals surface area (Å²) in [5, 5.41) is 0. The van der Waals surface area contributed by atoms with E-state index in [1.165, 1.54) is 5.57 Å². The van der Waals surface area contributed by atoms with E-state index in [-0.39, 0.29) is 12.4 Å². The fraction of sp³-hybridized carbons (Fsp3) is 0.857. The van der Waals surface area contributed by atoms with Crippen molar-refractivity contribution in [2.24, 2.45) is 11.8 Å². The van der Waals surface area contributed by atoms with Crippen LogP contribution in [0, 0.1) is 11.8 Å². The van der Waals surface area contributed by atoms with Crippen LogP contribution in [0.25, 0.3) is 0 Å². The molecule has 1 fully saturated rings. The Morgan fingerprint density at radius 3 is 3.11 bits per heavy atom. The smallest absolute Gasteiger partial charge is 0.161 e. The lowest BCUT2D eigenvalue weighted by molar-refractivity contribution is -0.118. The Kier molecular flexibility index (Phi) is 5.49. The van der Waals surface area contributed by atoms with Crippen molar-refractivity contribution >= 4 is 11.6 Å². The summed E-state index contributed by atoms with van der Waals surface area (Å²) in [6.07, 6.45) is 4.55. The number of hydrogen-bond acceptors (Lipinski definition) is 3. The van der Waals surface area contributed by atoms with Gasteiger partial charge in [0.25, 0.3) is 0 Å². The van der Waals surface area contributed by atoms with Gasteiger partial charge in [-0.05, 0) is 25.7 Å². The van der Waals surface area contributed by atoms with Crippen LogP contribution in [0.4, 0.5) is 0 Å². The summed E-state index contributed by atoms with van der Waals surface area (Å²) in [5.41, 5.74) is 1.45. The van der Waals surface area contributed by atoms with E-state index >= 15 is 0 Å². The molecule has 0 N–H and O–H groups in total. The van der Waals surface area contributed by atoms with Crippen LogP contribution in [-0.4, -0.2) is 38.1 Å². The van der Waals surface area contributed by atoms with Crippen LogP contribution in [0.15, 0.2) is 11.6 Å². The standard InChI is InChI=1S/C14H23ClO3/c1-10-3-4-11(2)13(7-10)14-17-9-12(18-14)8-16-6-5-15/h3,11-14H,4-9H2,1-2H3/t11-,12+,13+,14+/m0/s1. The van der Waals surface area contributed by atoms with Crippen LogP contribution in [0.2, 0.25) is 0 Å². The number of allylic oxidation sites excluding steroid dienone is 2. The van der Waals surface area contributed by atoms with Crippen LogP contribution >= 0.6 is 11.6 Å². The summed E-state index contributed by atoms with van der Waals surface area (Å²) in [6, 6.07) is 0. The predicted molar refractivity (Wildman–Crippen MR) is 71.8 cm³/mol. The van der Waals surface area contributed by atoms with Gasteiger partial charge in [0.1, 0.15) is 6.10 Å². The molecule has 1 aliphatic carbocycles. The van der Waals surface area contributed by atoms with E-state index in [0.29, 0.717) is 37.5 Å². The molecule has 0 aromatic carbocycles. The van der Waals surface area contributed by atoms with Crippen molar-refractivity contribution in [1.29, 1.82) is 0 Å². The maximum Gasteiger partial charge on any atom is 0.161 e. The van der Waals surface area contributed by atoms with Gasteiger partial charge in [-0.15, -0.1) is 11.6 Å². The fourth-order valence-corrected chi connectivity index (χ4v) is 2.74. The first-order valence-corrected chi connectivity index (χ1v) is 7.30. The maximum atomic E-state index is 5.95. The SMILES string of the molecule is CC1=CC[C@H](C)[C@H]([C@@H]2OC[C@@H](COCCCl)O2)C1. The Hall–Kier alpha value is -0.0900. The van der Waals surface area contributed by atoms with Crippen molar-refractivity contribution in [2.75, 3.05) is 25.7 Å². The average molecular weight is 275 g/mol. The molecular weight excluding hydrogens is 252 g/mol. The van der Waals surface area contributed by atoms with Gasteiger partial charge in [-0.3, -0.25) is 0 Å². The molecule has 2 rings (SSSR count). The second-order valence-electron chi connectivity index (χ2n) is 5.36. The third-order valence-electron chi connectivity index (χ3n) is 3.77. The van der Waals surface area contributed by atoms with Crippen molar-refractivity contribution in [3.8, 4) is 0 Å². The molecule has 0 radical (unpaired) electrons. The Morgan fingerprint density at radius 2 is 2.33 bits per heavy atom. The molecule has 1 aliphatic heterocycles. The average Bonchev–Trinajstić information content (AvgIpc) is 2.81. The molecule has 0 saturated carbocycles. The molecule has 4 atom stereocenters. The summed E-state index contributed by atoms with van der Waals surface area (Å²) in [5.74, 6) is 1.63. The Morgan fingerprint density at radius 1 is 1.50 bits per heavy atom. The lowest BCUT2D eigenvalue weighted by Crippen LogP contribution is -2.30. The lowest BCUT2D eigenvalue weighted by Gasteiger charge is -2.31. The normalized spacial score (nSPS) is 36.7. The molecule has 0 bridgehead atoms. The highest BCUT2D eigenvalue weighted by molar-refractivity contribution is 6.17. The van der Waals surface area contributed by atoms with Crippen molar-refractivity contribution < 1.29 is 14.2 Å². The fourth-order valence-electron chi connectivity index (χ4n) is 2.63. The summed E-state index contributed by atoms with van der Waals surface area (Å²) in [4.78, 5) is 0. The number of alkyl halides is 1. The highest BCUT2D eigenvalue weighted by atomic mass is 35.5. The summed E-state index contributed by atoms with van der Waals surface area (Å²) in [6.45, 7) is 6.26. The Labute approximate surface area is 114 Å². The van der Waals surface area contributed by atoms with Gasteiger partial charge in [0.2, 0.25) is 0 Å². The third kappa shape index (κ3) is 3.70. The second-order valence-corrected chi connectivity index (χ2v) is 5.73. The van der Waals surface area contributed by atoms with E-state index in [4.69, 9.17) is 25.8 Å². The van der Waals surface area contributed by atoms with Gasteiger partial charge >= 0.3 is 0 Å². The Balaban J connectivity index is 1.79. The van der Waals surface area contributed by atoms with Crippen LogP contribution < -0.4 is 0 Å². The minimum Gasteiger partial charge on any atom is -0.377 e. The molecule has 4 heteroatoms. The van der Waals surface area contributed by atoms with Gasteiger partial charge in [0, 0.05) is 11.8 Å². The van der Waals surface area contributed by atoms with Crippen molar-refractivity contribution in [3.63, 3.8) is 0 Å². The van der Waals surface area contributed by atoms with E-state index in [2.05, 4.69) is 19.9 Å². The number of ether oxygens (including phenoxy) is 3. The van der Waals surface area contributed by atoms with Crippen LogP contribution in [0.1, 0.15) is 26.7 Å². The topological polar surface area (TPSA) is 27.7 Å². The first-order chi connectivity index (χ1) is 8.70. The van der Waals surface area contributed by atoms with Crippen molar-refractivity contribution in [2.45, 2.75) is 39.1 Å². The molecule has 3 nitrogen and oxygen atoms in total. The number of halogens is 1. The zero-order valence-corrected chi connectivity index (χ0v) is 12.0. The lowest BCUT2D eigenvalue weighted by atomic mass is 9.81. The first kappa shape index (κ1) is 14.3. The third-order valence-corrected chi connectivity index (χ3v) is 3.93. The molecule has 0 aromatic rings. The van der Waals surface area contributed by atoms with E-state index in [0.717, 1.165) is 12.8 Å². The highest BCUT2D eigenvalue weighted by Crippen LogP contribution is 2.35. The van der Waals surface area contributed by atoms with Gasteiger partial charge in [-0.2, -0.15) is 0 Å². The van der Waals surface area contributed by atoms with Crippen LogP contribution in [0.3, 0.4) is 0 Å². The minimum absolute atomic E-state index is 0.0618. The largest absolute Gasteiger partial charge is 0.377 e. The van der Waals surface area contributed by atoms with Gasteiger partial charge in [0.15, 0.2) is 6.29 Å². The Bertz CT molecular complexity index is 293. The summed E-state index contributed by atoms with van der Waals surface area (Å²) >= 11 is 5.57. The van der Waals surface area contributed by atoms with Gasteiger partial charge in [-0.1, -0.05) is 18.6 Å². The van der Waals surface area contributed by atoms with E-state index < -0.39 is 0 Å². The summed E-state index contributed by atoms with van der Waals surface area (Å²) < 4.78 is 17.1. The quantitative estimate of drug-likeness (QED) is 0.438. The monoisotopic (exact) mass is 274 g/mol. The zero-order chi connectivity index (χ0) is 13.0. The summed E-state index contributed by atoms with van der Waals surface area (Å²) in [7, 11) is 0. The highest BCUT2D eigenvalue weighted by Gasteiger charge is 2.36. The molecule has 0 spiro atoms. The van der Waals surface area contributed by atoms with Crippen molar-refractivity contribution in [1.82, 2.24) is 0 Å². The number of hydrogen-bond donors (Lipinski definition) is 0. The molecule has 0 unspecified atom stereocenters. The predicted octanol–water partition coefficient (Wildman–Crippen LogP) is 2.98.